The van der Waals surface area contributed by atoms with Crippen molar-refractivity contribution in [3.8, 4) is 27.9 Å². The van der Waals surface area contributed by atoms with Gasteiger partial charge in [0.05, 0.1) is 16.7 Å². The minimum Gasteiger partial charge on any atom is -0.455 e. The molecule has 0 N–H and O–H groups in total. The van der Waals surface area contributed by atoms with Gasteiger partial charge in [0.2, 0.25) is 0 Å². The molecule has 0 radical (unpaired) electrons. The van der Waals surface area contributed by atoms with Crippen LogP contribution in [0.2, 0.25) is 0 Å². The number of aromatic nitrogens is 1. The Morgan fingerprint density at radius 3 is 1.67 bits per heavy atom. The third-order valence-electron chi connectivity index (χ3n) is 11.6. The van der Waals surface area contributed by atoms with Crippen molar-refractivity contribution in [2.45, 2.75) is 0 Å². The normalized spacial score (nSPS) is 11.8. The van der Waals surface area contributed by atoms with E-state index < -0.39 is 0 Å². The van der Waals surface area contributed by atoms with Crippen molar-refractivity contribution < 1.29 is 8.83 Å². The van der Waals surface area contributed by atoms with E-state index in [1.54, 1.807) is 0 Å². The molecule has 0 atom stereocenters. The molecule has 12 aromatic rings. The molecule has 3 aromatic heterocycles. The average molecular weight is 743 g/mol. The van der Waals surface area contributed by atoms with Gasteiger partial charge in [-0.1, -0.05) is 140 Å². The van der Waals surface area contributed by atoms with Gasteiger partial charge in [-0.2, -0.15) is 0 Å². The smallest absolute Gasteiger partial charge is 0.143 e. The van der Waals surface area contributed by atoms with Gasteiger partial charge >= 0.3 is 0 Å². The average Bonchev–Trinajstić information content (AvgIpc) is 3.97. The summed E-state index contributed by atoms with van der Waals surface area (Å²) in [7, 11) is 0. The summed E-state index contributed by atoms with van der Waals surface area (Å²) < 4.78 is 15.7. The third kappa shape index (κ3) is 4.95. The molecule has 0 amide bonds. The standard InChI is InChI=1S/C54H34N2O2/c1-3-14-35(15-4-1)40-20-11-23-45-43-33-32-39(34-51(43)58-54(40)45)55(38-30-28-36(29-31-38)41-21-12-22-44-42-18-8-10-27-50(42)57-53(41)44)48-25-13-26-49-52(48)46-19-7-9-24-47(46)56(49)37-16-5-2-6-17-37/h1-34H. The Labute approximate surface area is 334 Å². The number of hydrogen-bond donors (Lipinski definition) is 0. The number of benzene rings is 9. The third-order valence-corrected chi connectivity index (χ3v) is 11.6. The Morgan fingerprint density at radius 1 is 0.362 bits per heavy atom. The first kappa shape index (κ1) is 32.4. The highest BCUT2D eigenvalue weighted by Crippen LogP contribution is 2.46. The van der Waals surface area contributed by atoms with E-state index in [1.165, 1.54) is 10.8 Å². The first-order valence-electron chi connectivity index (χ1n) is 19.7. The largest absolute Gasteiger partial charge is 0.455 e. The molecule has 0 bridgehead atoms. The number of nitrogens with zero attached hydrogens (tertiary/aromatic N) is 2. The van der Waals surface area contributed by atoms with E-state index in [2.05, 4.69) is 198 Å². The van der Waals surface area contributed by atoms with Crippen LogP contribution in [0.25, 0.3) is 93.6 Å². The molecule has 9 aromatic carbocycles. The van der Waals surface area contributed by atoms with Gasteiger partial charge in [-0.05, 0) is 71.8 Å². The van der Waals surface area contributed by atoms with Gasteiger partial charge < -0.3 is 18.3 Å². The van der Waals surface area contributed by atoms with Gasteiger partial charge in [0.1, 0.15) is 22.3 Å². The molecule has 3 heterocycles. The summed E-state index contributed by atoms with van der Waals surface area (Å²) in [5.41, 5.74) is 14.4. The van der Waals surface area contributed by atoms with E-state index in [1.807, 2.05) is 18.2 Å². The molecular weight excluding hydrogens is 709 g/mol. The maximum atomic E-state index is 6.82. The summed E-state index contributed by atoms with van der Waals surface area (Å²) in [6.45, 7) is 0. The van der Waals surface area contributed by atoms with Crippen LogP contribution in [0.4, 0.5) is 17.1 Å². The predicted octanol–water partition coefficient (Wildman–Crippen LogP) is 15.4. The van der Waals surface area contributed by atoms with Gasteiger partial charge in [0, 0.05) is 66.6 Å². The Kier molecular flexibility index (Phi) is 7.20. The Bertz CT molecular complexity index is 3500. The lowest BCUT2D eigenvalue weighted by atomic mass is 10.0. The molecule has 58 heavy (non-hydrogen) atoms. The fourth-order valence-electron chi connectivity index (χ4n) is 9.00. The Hall–Kier alpha value is -7.82. The fraction of sp³-hybridized carbons (Fsp3) is 0. The van der Waals surface area contributed by atoms with Crippen molar-refractivity contribution in [1.29, 1.82) is 0 Å². The minimum absolute atomic E-state index is 0.841. The summed E-state index contributed by atoms with van der Waals surface area (Å²) in [6.07, 6.45) is 0. The van der Waals surface area contributed by atoms with Crippen LogP contribution < -0.4 is 4.90 Å². The lowest BCUT2D eigenvalue weighted by molar-refractivity contribution is 0.669. The number of hydrogen-bond acceptors (Lipinski definition) is 3. The van der Waals surface area contributed by atoms with Crippen molar-refractivity contribution in [2.75, 3.05) is 4.90 Å². The van der Waals surface area contributed by atoms with Gasteiger partial charge in [0.15, 0.2) is 0 Å². The van der Waals surface area contributed by atoms with Crippen LogP contribution in [-0.2, 0) is 0 Å². The van der Waals surface area contributed by atoms with Gasteiger partial charge in [-0.3, -0.25) is 0 Å². The highest BCUT2D eigenvalue weighted by molar-refractivity contribution is 6.17. The lowest BCUT2D eigenvalue weighted by Gasteiger charge is -2.26. The summed E-state index contributed by atoms with van der Waals surface area (Å²) in [5.74, 6) is 0. The molecule has 0 aliphatic heterocycles. The van der Waals surface area contributed by atoms with Gasteiger partial charge in [-0.25, -0.2) is 0 Å². The second kappa shape index (κ2) is 12.9. The van der Waals surface area contributed by atoms with Crippen LogP contribution in [0.3, 0.4) is 0 Å². The molecule has 0 aliphatic carbocycles. The summed E-state index contributed by atoms with van der Waals surface area (Å²) >= 11 is 0. The van der Waals surface area contributed by atoms with Crippen molar-refractivity contribution in [3.05, 3.63) is 206 Å². The molecule has 0 spiro atoms. The van der Waals surface area contributed by atoms with E-state index in [-0.39, 0.29) is 0 Å². The molecule has 4 nitrogen and oxygen atoms in total. The fourth-order valence-corrected chi connectivity index (χ4v) is 9.00. The quantitative estimate of drug-likeness (QED) is 0.170. The zero-order chi connectivity index (χ0) is 38.2. The van der Waals surface area contributed by atoms with Crippen LogP contribution >= 0.6 is 0 Å². The van der Waals surface area contributed by atoms with Crippen LogP contribution in [0.1, 0.15) is 0 Å². The number of furan rings is 2. The molecule has 0 saturated carbocycles. The monoisotopic (exact) mass is 742 g/mol. The number of rotatable bonds is 6. The Morgan fingerprint density at radius 2 is 0.914 bits per heavy atom. The molecule has 0 saturated heterocycles. The molecule has 0 aliphatic rings. The number of anilines is 3. The Balaban J connectivity index is 1.08. The van der Waals surface area contributed by atoms with E-state index in [0.717, 1.165) is 99.9 Å². The molecule has 272 valence electrons. The second-order valence-corrected chi connectivity index (χ2v) is 14.9. The zero-order valence-electron chi connectivity index (χ0n) is 31.3. The maximum Gasteiger partial charge on any atom is 0.143 e. The van der Waals surface area contributed by atoms with E-state index >= 15 is 0 Å². The van der Waals surface area contributed by atoms with E-state index in [9.17, 15) is 0 Å². The molecule has 0 fully saturated rings. The van der Waals surface area contributed by atoms with E-state index in [4.69, 9.17) is 8.83 Å². The van der Waals surface area contributed by atoms with Crippen LogP contribution in [-0.4, -0.2) is 4.57 Å². The zero-order valence-corrected chi connectivity index (χ0v) is 31.3. The van der Waals surface area contributed by atoms with Crippen LogP contribution in [0.15, 0.2) is 215 Å². The number of para-hydroxylation sites is 5. The second-order valence-electron chi connectivity index (χ2n) is 14.9. The van der Waals surface area contributed by atoms with Gasteiger partial charge in [-0.15, -0.1) is 0 Å². The predicted molar refractivity (Wildman–Crippen MR) is 241 cm³/mol. The molecule has 4 heteroatoms. The first-order chi connectivity index (χ1) is 28.8. The van der Waals surface area contributed by atoms with Crippen LogP contribution in [0, 0.1) is 0 Å². The van der Waals surface area contributed by atoms with Gasteiger partial charge in [0.25, 0.3) is 0 Å². The number of fused-ring (bicyclic) bond motifs is 9. The minimum atomic E-state index is 0.841. The highest BCUT2D eigenvalue weighted by Gasteiger charge is 2.23. The van der Waals surface area contributed by atoms with E-state index in [0.29, 0.717) is 0 Å². The summed E-state index contributed by atoms with van der Waals surface area (Å²) in [4.78, 5) is 2.38. The molecule has 12 rings (SSSR count). The lowest BCUT2D eigenvalue weighted by Crippen LogP contribution is -2.10. The summed E-state index contributed by atoms with van der Waals surface area (Å²) in [5, 5.41) is 6.80. The van der Waals surface area contributed by atoms with Crippen molar-refractivity contribution >= 4 is 82.7 Å². The molecule has 0 unspecified atom stereocenters. The summed E-state index contributed by atoms with van der Waals surface area (Å²) in [6, 6.07) is 73.1. The van der Waals surface area contributed by atoms with Crippen LogP contribution in [0.5, 0.6) is 0 Å². The topological polar surface area (TPSA) is 34.5 Å². The highest BCUT2D eigenvalue weighted by atomic mass is 16.3. The first-order valence-corrected chi connectivity index (χ1v) is 19.7. The van der Waals surface area contributed by atoms with Crippen molar-refractivity contribution in [2.24, 2.45) is 0 Å². The molecular formula is C54H34N2O2. The van der Waals surface area contributed by atoms with Crippen molar-refractivity contribution in [1.82, 2.24) is 4.57 Å². The maximum absolute atomic E-state index is 6.82. The SMILES string of the molecule is c1ccc(-c2cccc3c2oc2cc(N(c4ccc(-c5cccc6c5oc5ccccc56)cc4)c4cccc5c4c4ccccc4n5-c4ccccc4)ccc23)cc1. The van der Waals surface area contributed by atoms with Crippen molar-refractivity contribution in [3.63, 3.8) is 0 Å².